The number of hydrogen-bond acceptors (Lipinski definition) is 5. The van der Waals surface area contributed by atoms with Crippen LogP contribution in [0, 0.1) is 12.8 Å². The predicted octanol–water partition coefficient (Wildman–Crippen LogP) is 3.00. The molecule has 1 aliphatic heterocycles. The maximum Gasteiger partial charge on any atom is 0.290 e. The molecule has 2 atom stereocenters. The molecule has 2 fully saturated rings. The first-order valence-electron chi connectivity index (χ1n) is 8.92. The first-order chi connectivity index (χ1) is 11.7. The van der Waals surface area contributed by atoms with Gasteiger partial charge in [0.25, 0.3) is 5.91 Å². The van der Waals surface area contributed by atoms with Crippen molar-refractivity contribution >= 4 is 5.91 Å². The Kier molecular flexibility index (Phi) is 2.94. The molecule has 0 bridgehead atoms. The average molecular weight is 327 g/mol. The van der Waals surface area contributed by atoms with Crippen molar-refractivity contribution < 1.29 is 13.6 Å². The van der Waals surface area contributed by atoms with Crippen molar-refractivity contribution in [3.05, 3.63) is 34.9 Å². The lowest BCUT2D eigenvalue weighted by Gasteiger charge is -2.46. The van der Waals surface area contributed by atoms with Crippen LogP contribution in [0.4, 0.5) is 0 Å². The molecule has 0 unspecified atom stereocenters. The van der Waals surface area contributed by atoms with E-state index < -0.39 is 5.54 Å². The van der Waals surface area contributed by atoms with Crippen LogP contribution in [0.25, 0.3) is 0 Å². The van der Waals surface area contributed by atoms with E-state index in [1.165, 1.54) is 12.0 Å². The Morgan fingerprint density at radius 2 is 2.12 bits per heavy atom. The zero-order valence-corrected chi connectivity index (χ0v) is 13.9. The number of aromatic nitrogens is 2. The predicted molar refractivity (Wildman–Crippen MR) is 84.4 cm³/mol. The smallest absolute Gasteiger partial charge is 0.290 e. The average Bonchev–Trinajstić information content (AvgIpc) is 3.23. The van der Waals surface area contributed by atoms with Gasteiger partial charge in [-0.15, -0.1) is 10.2 Å². The van der Waals surface area contributed by atoms with E-state index in [4.69, 9.17) is 8.83 Å². The number of carbonyl (C=O) groups is 1. The minimum absolute atomic E-state index is 0.0255. The van der Waals surface area contributed by atoms with Gasteiger partial charge < -0.3 is 13.7 Å². The molecule has 5 rings (SSSR count). The van der Waals surface area contributed by atoms with Crippen LogP contribution in [0.5, 0.6) is 0 Å². The van der Waals surface area contributed by atoms with Crippen LogP contribution >= 0.6 is 0 Å². The maximum atomic E-state index is 13.2. The van der Waals surface area contributed by atoms with Gasteiger partial charge in [0, 0.05) is 19.9 Å². The largest absolute Gasteiger partial charge is 0.456 e. The second-order valence-electron chi connectivity index (χ2n) is 7.30. The second kappa shape index (κ2) is 4.94. The second-order valence-corrected chi connectivity index (χ2v) is 7.30. The van der Waals surface area contributed by atoms with Crippen molar-refractivity contribution in [2.45, 2.75) is 57.4 Å². The standard InChI is InChI=1S/C18H21N3O3/c1-11-19-20-17(23-11)18-8-6-13(18)7-9-21(18)16(22)15-10-12-4-2-3-5-14(12)24-15/h10,13H,2-9H2,1H3/t13-,18-/m0/s1. The third-order valence-electron chi connectivity index (χ3n) is 6.08. The molecule has 24 heavy (non-hydrogen) atoms. The van der Waals surface area contributed by atoms with Gasteiger partial charge in [0.2, 0.25) is 11.8 Å². The van der Waals surface area contributed by atoms with Crippen LogP contribution in [0.3, 0.4) is 0 Å². The minimum Gasteiger partial charge on any atom is -0.456 e. The Balaban J connectivity index is 1.51. The molecule has 0 N–H and O–H groups in total. The first-order valence-corrected chi connectivity index (χ1v) is 8.92. The van der Waals surface area contributed by atoms with Gasteiger partial charge in [-0.1, -0.05) is 0 Å². The molecule has 1 amide bonds. The fourth-order valence-electron chi connectivity index (χ4n) is 4.73. The van der Waals surface area contributed by atoms with Gasteiger partial charge in [0.15, 0.2) is 5.76 Å². The Bertz CT molecular complexity index is 785. The molecular weight excluding hydrogens is 306 g/mol. The van der Waals surface area contributed by atoms with Gasteiger partial charge >= 0.3 is 0 Å². The summed E-state index contributed by atoms with van der Waals surface area (Å²) in [6.45, 7) is 2.53. The first kappa shape index (κ1) is 14.3. The Morgan fingerprint density at radius 1 is 1.25 bits per heavy atom. The summed E-state index contributed by atoms with van der Waals surface area (Å²) in [5, 5.41) is 8.24. The highest BCUT2D eigenvalue weighted by atomic mass is 16.4. The number of hydrogen-bond donors (Lipinski definition) is 0. The summed E-state index contributed by atoms with van der Waals surface area (Å²) in [5.41, 5.74) is 0.794. The van der Waals surface area contributed by atoms with E-state index in [1.807, 2.05) is 11.0 Å². The summed E-state index contributed by atoms with van der Waals surface area (Å²) in [6, 6.07) is 1.95. The van der Waals surface area contributed by atoms with Crippen molar-refractivity contribution in [1.29, 1.82) is 0 Å². The normalized spacial score (nSPS) is 28.4. The molecule has 0 spiro atoms. The van der Waals surface area contributed by atoms with Gasteiger partial charge in [-0.05, 0) is 56.1 Å². The summed E-state index contributed by atoms with van der Waals surface area (Å²) in [4.78, 5) is 15.1. The fraction of sp³-hybridized carbons (Fsp3) is 0.611. The summed E-state index contributed by atoms with van der Waals surface area (Å²) in [5.74, 6) is 3.02. The molecule has 0 radical (unpaired) electrons. The van der Waals surface area contributed by atoms with Crippen LogP contribution in [-0.4, -0.2) is 27.5 Å². The maximum absolute atomic E-state index is 13.2. The monoisotopic (exact) mass is 327 g/mol. The molecule has 2 aliphatic carbocycles. The molecule has 126 valence electrons. The van der Waals surface area contributed by atoms with Crippen LogP contribution < -0.4 is 0 Å². The molecule has 3 heterocycles. The van der Waals surface area contributed by atoms with Crippen LogP contribution in [0.1, 0.15) is 65.8 Å². The van der Waals surface area contributed by atoms with Gasteiger partial charge in [0.05, 0.1) is 0 Å². The number of fused-ring (bicyclic) bond motifs is 2. The number of nitrogens with zero attached hydrogens (tertiary/aromatic N) is 3. The molecule has 1 saturated heterocycles. The molecule has 6 nitrogen and oxygen atoms in total. The van der Waals surface area contributed by atoms with Crippen molar-refractivity contribution in [3.8, 4) is 0 Å². The Labute approximate surface area is 140 Å². The number of furan rings is 1. The van der Waals surface area contributed by atoms with E-state index in [0.29, 0.717) is 23.5 Å². The number of amides is 1. The minimum atomic E-state index is -0.411. The third kappa shape index (κ3) is 1.79. The van der Waals surface area contributed by atoms with Crippen molar-refractivity contribution in [1.82, 2.24) is 15.1 Å². The fourth-order valence-corrected chi connectivity index (χ4v) is 4.73. The number of likely N-dealkylation sites (tertiary alicyclic amines) is 1. The van der Waals surface area contributed by atoms with E-state index in [2.05, 4.69) is 10.2 Å². The van der Waals surface area contributed by atoms with E-state index >= 15 is 0 Å². The topological polar surface area (TPSA) is 72.4 Å². The molecule has 2 aromatic rings. The summed E-state index contributed by atoms with van der Waals surface area (Å²) >= 11 is 0. The van der Waals surface area contributed by atoms with Gasteiger partial charge in [0.1, 0.15) is 11.3 Å². The van der Waals surface area contributed by atoms with Crippen molar-refractivity contribution in [3.63, 3.8) is 0 Å². The van der Waals surface area contributed by atoms with Gasteiger partial charge in [-0.2, -0.15) is 0 Å². The molecule has 1 saturated carbocycles. The summed E-state index contributed by atoms with van der Waals surface area (Å²) in [7, 11) is 0. The van der Waals surface area contributed by atoms with Gasteiger partial charge in [-0.3, -0.25) is 4.79 Å². The quantitative estimate of drug-likeness (QED) is 0.848. The molecule has 2 aromatic heterocycles. The molecular formula is C18H21N3O3. The number of aryl methyl sites for hydroxylation is 3. The lowest BCUT2D eigenvalue weighted by molar-refractivity contribution is -0.00532. The van der Waals surface area contributed by atoms with Crippen molar-refractivity contribution in [2.24, 2.45) is 5.92 Å². The van der Waals surface area contributed by atoms with Crippen LogP contribution in [0.15, 0.2) is 14.9 Å². The number of carbonyl (C=O) groups excluding carboxylic acids is 1. The molecule has 6 heteroatoms. The Morgan fingerprint density at radius 3 is 2.83 bits per heavy atom. The van der Waals surface area contributed by atoms with Crippen LogP contribution in [0.2, 0.25) is 0 Å². The highest BCUT2D eigenvalue weighted by Crippen LogP contribution is 2.56. The number of rotatable bonds is 2. The third-order valence-corrected chi connectivity index (χ3v) is 6.08. The lowest BCUT2D eigenvalue weighted by Crippen LogP contribution is -2.53. The van der Waals surface area contributed by atoms with E-state index in [9.17, 15) is 4.79 Å². The zero-order chi connectivity index (χ0) is 16.3. The van der Waals surface area contributed by atoms with E-state index in [1.54, 1.807) is 6.92 Å². The highest BCUT2D eigenvalue weighted by Gasteiger charge is 2.61. The van der Waals surface area contributed by atoms with Crippen LogP contribution in [-0.2, 0) is 18.4 Å². The lowest BCUT2D eigenvalue weighted by atomic mass is 9.67. The summed E-state index contributed by atoms with van der Waals surface area (Å²) < 4.78 is 11.7. The van der Waals surface area contributed by atoms with E-state index in [0.717, 1.165) is 50.8 Å². The highest BCUT2D eigenvalue weighted by molar-refractivity contribution is 5.93. The Hall–Kier alpha value is -2.11. The molecule has 0 aromatic carbocycles. The molecule has 3 aliphatic rings. The summed E-state index contributed by atoms with van der Waals surface area (Å²) in [6.07, 6.45) is 7.28. The van der Waals surface area contributed by atoms with Gasteiger partial charge in [-0.25, -0.2) is 0 Å². The zero-order valence-electron chi connectivity index (χ0n) is 13.9. The SMILES string of the molecule is Cc1nnc([C@]23CC[C@H]2CCN3C(=O)c2cc3c(o2)CCCC3)o1. The van der Waals surface area contributed by atoms with Crippen molar-refractivity contribution in [2.75, 3.05) is 6.54 Å². The van der Waals surface area contributed by atoms with E-state index in [-0.39, 0.29) is 5.91 Å².